The van der Waals surface area contributed by atoms with Crippen molar-refractivity contribution >= 4 is 16.3 Å². The number of nitrogens with zero attached hydrogens (tertiary/aromatic N) is 4. The molecule has 0 atom stereocenters. The van der Waals surface area contributed by atoms with Crippen LogP contribution in [0, 0.1) is 0 Å². The minimum atomic E-state index is 0.305. The fourth-order valence-corrected chi connectivity index (χ4v) is 2.69. The fraction of sp³-hybridized carbons (Fsp3) is 0.250. The third-order valence-corrected chi connectivity index (χ3v) is 3.65. The number of aromatic hydroxyl groups is 1. The van der Waals surface area contributed by atoms with Gasteiger partial charge in [-0.2, -0.15) is 9.61 Å². The van der Waals surface area contributed by atoms with Crippen molar-refractivity contribution in [3.05, 3.63) is 40.7 Å². The molecule has 0 saturated carbocycles. The molecule has 6 heteroatoms. The van der Waals surface area contributed by atoms with Crippen LogP contribution in [0.15, 0.2) is 24.3 Å². The summed E-state index contributed by atoms with van der Waals surface area (Å²) in [4.78, 5) is 0.803. The van der Waals surface area contributed by atoms with Gasteiger partial charge in [0.05, 0.1) is 0 Å². The first-order chi connectivity index (χ1) is 8.78. The number of rotatable bonds is 3. The highest BCUT2D eigenvalue weighted by Crippen LogP contribution is 2.22. The molecular weight excluding hydrogens is 248 g/mol. The molecule has 2 aromatic heterocycles. The third kappa shape index (κ3) is 1.84. The van der Waals surface area contributed by atoms with Gasteiger partial charge < -0.3 is 5.11 Å². The number of hydrogen-bond acceptors (Lipinski definition) is 5. The van der Waals surface area contributed by atoms with Crippen LogP contribution in [-0.2, 0) is 12.8 Å². The molecule has 0 fully saturated rings. The molecule has 5 nitrogen and oxygen atoms in total. The number of aromatic nitrogens is 4. The highest BCUT2D eigenvalue weighted by molar-refractivity contribution is 7.16. The maximum atomic E-state index is 9.74. The molecule has 0 aliphatic rings. The predicted molar refractivity (Wildman–Crippen MR) is 68.9 cm³/mol. The van der Waals surface area contributed by atoms with E-state index in [1.165, 1.54) is 11.3 Å². The van der Waals surface area contributed by atoms with Crippen LogP contribution >= 0.6 is 11.3 Å². The zero-order valence-corrected chi connectivity index (χ0v) is 10.7. The topological polar surface area (TPSA) is 63.3 Å². The lowest BCUT2D eigenvalue weighted by atomic mass is 10.1. The smallest absolute Gasteiger partial charge is 0.234 e. The van der Waals surface area contributed by atoms with E-state index in [0.717, 1.165) is 27.8 Å². The van der Waals surface area contributed by atoms with Crippen LogP contribution in [0.1, 0.15) is 23.3 Å². The van der Waals surface area contributed by atoms with E-state index < -0.39 is 0 Å². The fourth-order valence-electron chi connectivity index (χ4n) is 1.81. The number of aryl methyl sites for hydroxylation is 1. The van der Waals surface area contributed by atoms with E-state index in [2.05, 4.69) is 15.3 Å². The molecular formula is C12H12N4OS. The van der Waals surface area contributed by atoms with Crippen LogP contribution in [0.5, 0.6) is 5.75 Å². The summed E-state index contributed by atoms with van der Waals surface area (Å²) in [5.41, 5.74) is 0.875. The molecule has 0 aliphatic heterocycles. The van der Waals surface area contributed by atoms with Crippen molar-refractivity contribution in [2.75, 3.05) is 0 Å². The molecule has 0 saturated heterocycles. The van der Waals surface area contributed by atoms with Crippen LogP contribution < -0.4 is 0 Å². The first-order valence-corrected chi connectivity index (χ1v) is 6.56. The van der Waals surface area contributed by atoms with Crippen molar-refractivity contribution < 1.29 is 5.11 Å². The van der Waals surface area contributed by atoms with Crippen molar-refractivity contribution in [2.45, 2.75) is 19.8 Å². The lowest BCUT2D eigenvalue weighted by molar-refractivity contribution is 0.469. The summed E-state index contributed by atoms with van der Waals surface area (Å²) >= 11 is 1.50. The second-order valence-electron chi connectivity index (χ2n) is 3.97. The van der Waals surface area contributed by atoms with Gasteiger partial charge in [-0.15, -0.1) is 10.2 Å². The van der Waals surface area contributed by atoms with Crippen LogP contribution in [0.4, 0.5) is 0 Å². The highest BCUT2D eigenvalue weighted by Gasteiger charge is 2.11. The standard InChI is InChI=1S/C12H12N4OS/c1-2-10-13-14-12-16(10)15-11(18-12)7-8-5-3-4-6-9(8)17/h3-6,17H,2,7H2,1H3. The van der Waals surface area contributed by atoms with Crippen molar-refractivity contribution in [1.82, 2.24) is 19.8 Å². The van der Waals surface area contributed by atoms with E-state index in [1.54, 1.807) is 10.6 Å². The Balaban J connectivity index is 1.96. The molecule has 3 aromatic rings. The number of benzene rings is 1. The Morgan fingerprint density at radius 1 is 1.28 bits per heavy atom. The Hall–Kier alpha value is -1.95. The first-order valence-electron chi connectivity index (χ1n) is 5.75. The van der Waals surface area contributed by atoms with Gasteiger partial charge in [0.25, 0.3) is 0 Å². The Morgan fingerprint density at radius 3 is 2.89 bits per heavy atom. The van der Waals surface area contributed by atoms with Gasteiger partial charge in [-0.3, -0.25) is 0 Å². The van der Waals surface area contributed by atoms with E-state index in [0.29, 0.717) is 12.2 Å². The molecule has 92 valence electrons. The maximum absolute atomic E-state index is 9.74. The Kier molecular flexibility index (Phi) is 2.71. The molecule has 0 bridgehead atoms. The molecule has 0 unspecified atom stereocenters. The Labute approximate surface area is 108 Å². The minimum Gasteiger partial charge on any atom is -0.508 e. The van der Waals surface area contributed by atoms with Crippen LogP contribution in [0.3, 0.4) is 0 Å². The zero-order valence-electron chi connectivity index (χ0n) is 9.87. The Morgan fingerprint density at radius 2 is 2.11 bits per heavy atom. The lowest BCUT2D eigenvalue weighted by Crippen LogP contribution is -1.95. The average Bonchev–Trinajstić information content (AvgIpc) is 2.91. The van der Waals surface area contributed by atoms with E-state index in [4.69, 9.17) is 0 Å². The predicted octanol–water partition coefficient (Wildman–Crippen LogP) is 2.04. The lowest BCUT2D eigenvalue weighted by Gasteiger charge is -2.00. The van der Waals surface area contributed by atoms with Gasteiger partial charge in [0, 0.05) is 18.4 Å². The van der Waals surface area contributed by atoms with Gasteiger partial charge in [0.1, 0.15) is 10.8 Å². The molecule has 0 radical (unpaired) electrons. The van der Waals surface area contributed by atoms with E-state index in [1.807, 2.05) is 25.1 Å². The van der Waals surface area contributed by atoms with Gasteiger partial charge >= 0.3 is 0 Å². The van der Waals surface area contributed by atoms with Crippen molar-refractivity contribution in [2.24, 2.45) is 0 Å². The minimum absolute atomic E-state index is 0.305. The quantitative estimate of drug-likeness (QED) is 0.782. The van der Waals surface area contributed by atoms with E-state index in [-0.39, 0.29) is 0 Å². The summed E-state index contributed by atoms with van der Waals surface area (Å²) in [7, 11) is 0. The summed E-state index contributed by atoms with van der Waals surface area (Å²) in [6, 6.07) is 7.31. The summed E-state index contributed by atoms with van der Waals surface area (Å²) in [6.07, 6.45) is 1.42. The summed E-state index contributed by atoms with van der Waals surface area (Å²) in [5, 5.41) is 23.3. The number of phenols is 1. The van der Waals surface area contributed by atoms with E-state index in [9.17, 15) is 5.11 Å². The molecule has 2 heterocycles. The molecule has 0 amide bonds. The molecule has 1 aromatic carbocycles. The number of fused-ring (bicyclic) bond motifs is 1. The molecule has 1 N–H and O–H groups in total. The second-order valence-corrected chi connectivity index (χ2v) is 5.01. The van der Waals surface area contributed by atoms with Crippen molar-refractivity contribution in [3.8, 4) is 5.75 Å². The first kappa shape index (κ1) is 11.2. The number of hydrogen-bond donors (Lipinski definition) is 1. The normalized spacial score (nSPS) is 11.2. The molecule has 18 heavy (non-hydrogen) atoms. The second kappa shape index (κ2) is 4.38. The van der Waals surface area contributed by atoms with Crippen LogP contribution in [0.25, 0.3) is 4.96 Å². The van der Waals surface area contributed by atoms with Crippen LogP contribution in [-0.4, -0.2) is 24.9 Å². The maximum Gasteiger partial charge on any atom is 0.234 e. The van der Waals surface area contributed by atoms with Gasteiger partial charge in [-0.05, 0) is 6.07 Å². The summed E-state index contributed by atoms with van der Waals surface area (Å²) < 4.78 is 1.78. The van der Waals surface area contributed by atoms with Crippen molar-refractivity contribution in [3.63, 3.8) is 0 Å². The Bertz CT molecular complexity index is 688. The zero-order chi connectivity index (χ0) is 12.5. The molecule has 3 rings (SSSR count). The average molecular weight is 260 g/mol. The van der Waals surface area contributed by atoms with Crippen LogP contribution in [0.2, 0.25) is 0 Å². The number of para-hydroxylation sites is 1. The van der Waals surface area contributed by atoms with Gasteiger partial charge in [0.15, 0.2) is 5.82 Å². The van der Waals surface area contributed by atoms with E-state index >= 15 is 0 Å². The third-order valence-electron chi connectivity index (χ3n) is 2.75. The van der Waals surface area contributed by atoms with Gasteiger partial charge in [0.2, 0.25) is 4.96 Å². The van der Waals surface area contributed by atoms with Gasteiger partial charge in [-0.1, -0.05) is 36.5 Å². The summed E-state index contributed by atoms with van der Waals surface area (Å²) in [6.45, 7) is 2.03. The summed E-state index contributed by atoms with van der Waals surface area (Å²) in [5.74, 6) is 1.17. The number of phenolic OH excluding ortho intramolecular Hbond substituents is 1. The van der Waals surface area contributed by atoms with Gasteiger partial charge in [-0.25, -0.2) is 0 Å². The monoisotopic (exact) mass is 260 g/mol. The SMILES string of the molecule is CCc1nnc2sc(Cc3ccccc3O)nn12. The van der Waals surface area contributed by atoms with Crippen molar-refractivity contribution in [1.29, 1.82) is 0 Å². The largest absolute Gasteiger partial charge is 0.508 e. The highest BCUT2D eigenvalue weighted by atomic mass is 32.1. The molecule has 0 aliphatic carbocycles. The molecule has 0 spiro atoms.